The molecule has 1 heterocycles. The monoisotopic (exact) mass is 402 g/mol. The summed E-state index contributed by atoms with van der Waals surface area (Å²) in [6, 6.07) is 15.0. The number of amides is 1. The number of nitrogens with zero attached hydrogens (tertiary/aromatic N) is 2. The SMILES string of the molecule is Cc1ccc(NC(=O)CN2CCCN(c3ccccc3)CC2)cc1S(N)(=O)=O. The zero-order chi connectivity index (χ0) is 20.1. The van der Waals surface area contributed by atoms with E-state index < -0.39 is 10.0 Å². The largest absolute Gasteiger partial charge is 0.370 e. The first kappa shape index (κ1) is 20.3. The maximum atomic E-state index is 12.4. The average molecular weight is 403 g/mol. The van der Waals surface area contributed by atoms with Crippen molar-refractivity contribution in [1.82, 2.24) is 4.90 Å². The number of primary sulfonamides is 1. The molecule has 1 fully saturated rings. The molecule has 150 valence electrons. The molecule has 0 bridgehead atoms. The number of nitrogens with two attached hydrogens (primary N) is 1. The normalized spacial score (nSPS) is 15.9. The number of rotatable bonds is 5. The first-order valence-electron chi connectivity index (χ1n) is 9.28. The molecule has 0 aromatic heterocycles. The fourth-order valence-corrected chi connectivity index (χ4v) is 4.22. The predicted octanol–water partition coefficient (Wildman–Crippen LogP) is 1.79. The number of benzene rings is 2. The molecule has 0 spiro atoms. The molecule has 3 rings (SSSR count). The maximum absolute atomic E-state index is 12.4. The Morgan fingerprint density at radius 3 is 2.54 bits per heavy atom. The highest BCUT2D eigenvalue weighted by molar-refractivity contribution is 7.89. The molecule has 1 aliphatic rings. The quantitative estimate of drug-likeness (QED) is 0.795. The number of carbonyl (C=O) groups excluding carboxylic acids is 1. The summed E-state index contributed by atoms with van der Waals surface area (Å²) in [6.07, 6.45) is 0.974. The summed E-state index contributed by atoms with van der Waals surface area (Å²) in [4.78, 5) is 16.9. The van der Waals surface area contributed by atoms with Crippen LogP contribution in [0.25, 0.3) is 0 Å². The lowest BCUT2D eigenvalue weighted by Gasteiger charge is -2.23. The van der Waals surface area contributed by atoms with E-state index in [1.54, 1.807) is 19.1 Å². The number of carbonyl (C=O) groups is 1. The molecule has 3 N–H and O–H groups in total. The van der Waals surface area contributed by atoms with E-state index in [0.29, 0.717) is 11.3 Å². The van der Waals surface area contributed by atoms with Crippen LogP contribution in [0.2, 0.25) is 0 Å². The zero-order valence-corrected chi connectivity index (χ0v) is 16.8. The van der Waals surface area contributed by atoms with E-state index in [0.717, 1.165) is 32.6 Å². The maximum Gasteiger partial charge on any atom is 0.238 e. The van der Waals surface area contributed by atoms with Crippen LogP contribution in [-0.4, -0.2) is 51.9 Å². The average Bonchev–Trinajstić information content (AvgIpc) is 2.88. The van der Waals surface area contributed by atoms with E-state index >= 15 is 0 Å². The third-order valence-corrected chi connectivity index (χ3v) is 5.91. The zero-order valence-electron chi connectivity index (χ0n) is 16.0. The van der Waals surface area contributed by atoms with E-state index in [1.165, 1.54) is 11.8 Å². The van der Waals surface area contributed by atoms with Gasteiger partial charge in [-0.05, 0) is 43.2 Å². The fraction of sp³-hybridized carbons (Fsp3) is 0.350. The number of aryl methyl sites for hydroxylation is 1. The van der Waals surface area contributed by atoms with Gasteiger partial charge in [0.1, 0.15) is 0 Å². The molecule has 1 aliphatic heterocycles. The summed E-state index contributed by atoms with van der Waals surface area (Å²) in [5, 5.41) is 8.01. The van der Waals surface area contributed by atoms with Gasteiger partial charge in [-0.15, -0.1) is 0 Å². The Hall–Kier alpha value is -2.42. The first-order valence-corrected chi connectivity index (χ1v) is 10.8. The lowest BCUT2D eigenvalue weighted by Crippen LogP contribution is -2.36. The minimum absolute atomic E-state index is 0.0265. The van der Waals surface area contributed by atoms with Gasteiger partial charge in [-0.2, -0.15) is 0 Å². The summed E-state index contributed by atoms with van der Waals surface area (Å²) in [5.74, 6) is -0.169. The van der Waals surface area contributed by atoms with Crippen molar-refractivity contribution in [3.63, 3.8) is 0 Å². The second-order valence-corrected chi connectivity index (χ2v) is 8.56. The van der Waals surface area contributed by atoms with Crippen molar-refractivity contribution in [2.24, 2.45) is 5.14 Å². The molecule has 28 heavy (non-hydrogen) atoms. The highest BCUT2D eigenvalue weighted by Crippen LogP contribution is 2.19. The molecule has 0 radical (unpaired) electrons. The molecule has 0 unspecified atom stereocenters. The van der Waals surface area contributed by atoms with Crippen LogP contribution in [-0.2, 0) is 14.8 Å². The summed E-state index contributed by atoms with van der Waals surface area (Å²) >= 11 is 0. The molecule has 0 atom stereocenters. The van der Waals surface area contributed by atoms with Gasteiger partial charge in [0.15, 0.2) is 0 Å². The Morgan fingerprint density at radius 1 is 1.07 bits per heavy atom. The predicted molar refractivity (Wildman–Crippen MR) is 111 cm³/mol. The summed E-state index contributed by atoms with van der Waals surface area (Å²) in [6.45, 7) is 5.38. The second-order valence-electron chi connectivity index (χ2n) is 7.03. The lowest BCUT2D eigenvalue weighted by molar-refractivity contribution is -0.117. The van der Waals surface area contributed by atoms with Crippen LogP contribution in [0, 0.1) is 6.92 Å². The Labute approximate surface area is 166 Å². The van der Waals surface area contributed by atoms with Crippen molar-refractivity contribution in [2.45, 2.75) is 18.2 Å². The van der Waals surface area contributed by atoms with Crippen molar-refractivity contribution in [2.75, 3.05) is 42.9 Å². The van der Waals surface area contributed by atoms with E-state index in [9.17, 15) is 13.2 Å². The highest BCUT2D eigenvalue weighted by Gasteiger charge is 2.18. The van der Waals surface area contributed by atoms with Gasteiger partial charge < -0.3 is 10.2 Å². The van der Waals surface area contributed by atoms with Crippen LogP contribution in [0.5, 0.6) is 0 Å². The topological polar surface area (TPSA) is 95.7 Å². The molecule has 0 saturated carbocycles. The van der Waals surface area contributed by atoms with E-state index in [1.807, 2.05) is 18.2 Å². The molecule has 0 aliphatic carbocycles. The number of sulfonamides is 1. The van der Waals surface area contributed by atoms with Crippen LogP contribution in [0.4, 0.5) is 11.4 Å². The molecule has 1 amide bonds. The number of anilines is 2. The summed E-state index contributed by atoms with van der Waals surface area (Å²) in [5.41, 5.74) is 2.18. The van der Waals surface area contributed by atoms with Gasteiger partial charge in [0, 0.05) is 37.6 Å². The van der Waals surface area contributed by atoms with Gasteiger partial charge in [0.2, 0.25) is 15.9 Å². The number of para-hydroxylation sites is 1. The van der Waals surface area contributed by atoms with Crippen molar-refractivity contribution in [1.29, 1.82) is 0 Å². The van der Waals surface area contributed by atoms with E-state index in [-0.39, 0.29) is 17.3 Å². The minimum atomic E-state index is -3.82. The van der Waals surface area contributed by atoms with Crippen molar-refractivity contribution >= 4 is 27.3 Å². The third kappa shape index (κ3) is 5.31. The number of hydrogen-bond acceptors (Lipinski definition) is 5. The van der Waals surface area contributed by atoms with Crippen molar-refractivity contribution in [3.8, 4) is 0 Å². The Kier molecular flexibility index (Phi) is 6.33. The number of nitrogens with one attached hydrogen (secondary N) is 1. The van der Waals surface area contributed by atoms with Crippen LogP contribution in [0.3, 0.4) is 0 Å². The Bertz CT molecular complexity index is 932. The summed E-state index contributed by atoms with van der Waals surface area (Å²) < 4.78 is 23.3. The number of hydrogen-bond donors (Lipinski definition) is 2. The fourth-order valence-electron chi connectivity index (χ4n) is 3.41. The molecular weight excluding hydrogens is 376 g/mol. The lowest BCUT2D eigenvalue weighted by atomic mass is 10.2. The van der Waals surface area contributed by atoms with Gasteiger partial charge in [-0.3, -0.25) is 9.69 Å². The van der Waals surface area contributed by atoms with E-state index in [2.05, 4.69) is 27.2 Å². The van der Waals surface area contributed by atoms with Gasteiger partial charge in [0.25, 0.3) is 0 Å². The molecule has 8 heteroatoms. The second kappa shape index (κ2) is 8.72. The molecule has 2 aromatic rings. The highest BCUT2D eigenvalue weighted by atomic mass is 32.2. The first-order chi connectivity index (χ1) is 13.3. The standard InChI is InChI=1S/C20H26N4O3S/c1-16-8-9-17(14-19(16)28(21,26)27)22-20(25)15-23-10-5-11-24(13-12-23)18-6-3-2-4-7-18/h2-4,6-9,14H,5,10-13,15H2,1H3,(H,22,25)(H2,21,26,27). The van der Waals surface area contributed by atoms with Gasteiger partial charge in [-0.1, -0.05) is 24.3 Å². The van der Waals surface area contributed by atoms with Crippen LogP contribution < -0.4 is 15.4 Å². The smallest absolute Gasteiger partial charge is 0.238 e. The van der Waals surface area contributed by atoms with Crippen molar-refractivity contribution in [3.05, 3.63) is 54.1 Å². The van der Waals surface area contributed by atoms with E-state index in [4.69, 9.17) is 5.14 Å². The van der Waals surface area contributed by atoms with Crippen molar-refractivity contribution < 1.29 is 13.2 Å². The minimum Gasteiger partial charge on any atom is -0.370 e. The van der Waals surface area contributed by atoms with Gasteiger partial charge in [0.05, 0.1) is 11.4 Å². The van der Waals surface area contributed by atoms with Crippen LogP contribution in [0.1, 0.15) is 12.0 Å². The Morgan fingerprint density at radius 2 is 1.82 bits per heavy atom. The molecule has 7 nitrogen and oxygen atoms in total. The molecule has 1 saturated heterocycles. The van der Waals surface area contributed by atoms with Gasteiger partial charge >= 0.3 is 0 Å². The van der Waals surface area contributed by atoms with Gasteiger partial charge in [-0.25, -0.2) is 13.6 Å². The Balaban J connectivity index is 1.58. The molecule has 2 aromatic carbocycles. The summed E-state index contributed by atoms with van der Waals surface area (Å²) in [7, 11) is -3.82. The van der Waals surface area contributed by atoms with Crippen LogP contribution in [0.15, 0.2) is 53.4 Å². The third-order valence-electron chi connectivity index (χ3n) is 4.86. The molecular formula is C20H26N4O3S. The van der Waals surface area contributed by atoms with Crippen LogP contribution >= 0.6 is 0 Å².